The van der Waals surface area contributed by atoms with Crippen LogP contribution in [0, 0.1) is 19.3 Å². The molecule has 0 heteroatoms. The third kappa shape index (κ3) is 1.70. The number of benzene rings is 1. The van der Waals surface area contributed by atoms with Crippen LogP contribution in [0.3, 0.4) is 0 Å². The van der Waals surface area contributed by atoms with E-state index >= 15 is 0 Å². The van der Waals surface area contributed by atoms with Crippen LogP contribution in [-0.4, -0.2) is 0 Å². The Kier molecular flexibility index (Phi) is 2.62. The van der Waals surface area contributed by atoms with E-state index in [-0.39, 0.29) is 0 Å². The normalized spacial score (nSPS) is 32.0. The fourth-order valence-electron chi connectivity index (χ4n) is 2.47. The van der Waals surface area contributed by atoms with E-state index in [9.17, 15) is 0 Å². The highest BCUT2D eigenvalue weighted by Gasteiger charge is 2.35. The van der Waals surface area contributed by atoms with Gasteiger partial charge in [-0.1, -0.05) is 50.6 Å². The molecule has 2 atom stereocenters. The van der Waals surface area contributed by atoms with E-state index in [1.54, 1.807) is 0 Å². The predicted molar refractivity (Wildman–Crippen MR) is 60.8 cm³/mol. The molecule has 1 aliphatic rings. The van der Waals surface area contributed by atoms with Crippen molar-refractivity contribution in [3.8, 4) is 0 Å². The lowest BCUT2D eigenvalue weighted by Gasteiger charge is -2.24. The van der Waals surface area contributed by atoms with Gasteiger partial charge in [0, 0.05) is 0 Å². The zero-order chi connectivity index (χ0) is 10.0. The summed E-state index contributed by atoms with van der Waals surface area (Å²) in [6.07, 6.45) is 6.03. The van der Waals surface area contributed by atoms with E-state index in [1.165, 1.54) is 18.4 Å². The van der Waals surface area contributed by atoms with Crippen molar-refractivity contribution in [3.63, 3.8) is 0 Å². The van der Waals surface area contributed by atoms with E-state index in [1.807, 2.05) is 0 Å². The molecule has 1 aliphatic carbocycles. The van der Waals surface area contributed by atoms with Gasteiger partial charge in [-0.05, 0) is 36.2 Å². The first kappa shape index (κ1) is 9.76. The Balaban J connectivity index is 2.19. The monoisotopic (exact) mass is 186 g/mol. The van der Waals surface area contributed by atoms with Crippen LogP contribution in [0.1, 0.15) is 31.7 Å². The van der Waals surface area contributed by atoms with Crippen molar-refractivity contribution in [1.82, 2.24) is 0 Å². The summed E-state index contributed by atoms with van der Waals surface area (Å²) in [6.45, 7) is 6.35. The Hall–Kier alpha value is -0.780. The minimum absolute atomic E-state index is 0.295. The van der Waals surface area contributed by atoms with Crippen LogP contribution >= 0.6 is 0 Å². The highest BCUT2D eigenvalue weighted by Crippen LogP contribution is 2.43. The van der Waals surface area contributed by atoms with Gasteiger partial charge in [-0.3, -0.25) is 0 Å². The first-order valence-electron chi connectivity index (χ1n) is 5.44. The lowest BCUT2D eigenvalue weighted by Crippen LogP contribution is -2.17. The second kappa shape index (κ2) is 3.76. The van der Waals surface area contributed by atoms with Crippen LogP contribution in [0.15, 0.2) is 30.3 Å². The van der Waals surface area contributed by atoms with Crippen molar-refractivity contribution in [2.45, 2.75) is 31.6 Å². The maximum Gasteiger partial charge on any atom is -0.00413 e. The molecule has 0 amide bonds. The zero-order valence-corrected chi connectivity index (χ0v) is 8.87. The quantitative estimate of drug-likeness (QED) is 0.659. The lowest BCUT2D eigenvalue weighted by atomic mass is 9.80. The van der Waals surface area contributed by atoms with E-state index in [4.69, 9.17) is 0 Å². The largest absolute Gasteiger partial charge is 0.0622 e. The van der Waals surface area contributed by atoms with Gasteiger partial charge >= 0.3 is 0 Å². The van der Waals surface area contributed by atoms with E-state index in [0.717, 1.165) is 12.3 Å². The van der Waals surface area contributed by atoms with Gasteiger partial charge in [0.1, 0.15) is 0 Å². The molecule has 1 fully saturated rings. The SMILES string of the molecule is [CH2]CC1C[CH]C(C)(c2ccccc2)C1. The van der Waals surface area contributed by atoms with Crippen molar-refractivity contribution in [3.05, 3.63) is 49.2 Å². The highest BCUT2D eigenvalue weighted by molar-refractivity contribution is 5.30. The zero-order valence-electron chi connectivity index (χ0n) is 8.87. The summed E-state index contributed by atoms with van der Waals surface area (Å²) in [5.74, 6) is 0.792. The molecule has 0 aromatic heterocycles. The maximum absolute atomic E-state index is 4.01. The van der Waals surface area contributed by atoms with E-state index < -0.39 is 0 Å². The average Bonchev–Trinajstić information content (AvgIpc) is 2.63. The Morgan fingerprint density at radius 3 is 2.64 bits per heavy atom. The van der Waals surface area contributed by atoms with Gasteiger partial charge < -0.3 is 0 Å². The van der Waals surface area contributed by atoms with E-state index in [2.05, 4.69) is 50.6 Å². The summed E-state index contributed by atoms with van der Waals surface area (Å²) in [5, 5.41) is 0. The molecule has 1 aromatic rings. The van der Waals surface area contributed by atoms with Gasteiger partial charge in [0.15, 0.2) is 0 Å². The Bertz CT molecular complexity index is 288. The van der Waals surface area contributed by atoms with Crippen molar-refractivity contribution in [2.75, 3.05) is 0 Å². The maximum atomic E-state index is 4.01. The highest BCUT2D eigenvalue weighted by atomic mass is 14.4. The molecule has 74 valence electrons. The van der Waals surface area contributed by atoms with Crippen LogP contribution in [0.25, 0.3) is 0 Å². The van der Waals surface area contributed by atoms with E-state index in [0.29, 0.717) is 5.41 Å². The fraction of sp³-hybridized carbons (Fsp3) is 0.429. The summed E-state index contributed by atoms with van der Waals surface area (Å²) in [5.41, 5.74) is 1.75. The molecular formula is C14H18. The molecule has 0 aliphatic heterocycles. The molecule has 1 saturated carbocycles. The van der Waals surface area contributed by atoms with Crippen LogP contribution in [0.4, 0.5) is 0 Å². The van der Waals surface area contributed by atoms with Crippen molar-refractivity contribution >= 4 is 0 Å². The molecule has 0 spiro atoms. The second-order valence-electron chi connectivity index (χ2n) is 4.58. The topological polar surface area (TPSA) is 0 Å². The molecule has 0 heterocycles. The molecule has 14 heavy (non-hydrogen) atoms. The standard InChI is InChI=1S/C14H18/c1-3-12-9-10-14(2,11-12)13-7-5-4-6-8-13/h4-8,10,12H,1,3,9,11H2,2H3. The smallest absolute Gasteiger partial charge is 0.00413 e. The molecule has 0 bridgehead atoms. The van der Waals surface area contributed by atoms with Crippen LogP contribution in [0.2, 0.25) is 0 Å². The minimum atomic E-state index is 0.295. The van der Waals surface area contributed by atoms with Gasteiger partial charge in [0.2, 0.25) is 0 Å². The fourth-order valence-corrected chi connectivity index (χ4v) is 2.47. The van der Waals surface area contributed by atoms with Crippen molar-refractivity contribution in [1.29, 1.82) is 0 Å². The Labute approximate surface area is 87.3 Å². The molecule has 2 radical (unpaired) electrons. The predicted octanol–water partition coefficient (Wildman–Crippen LogP) is 3.78. The van der Waals surface area contributed by atoms with Crippen LogP contribution in [-0.2, 0) is 5.41 Å². The summed E-state index contributed by atoms with van der Waals surface area (Å²) in [7, 11) is 0. The lowest BCUT2D eigenvalue weighted by molar-refractivity contribution is 0.474. The molecule has 0 N–H and O–H groups in total. The first-order valence-corrected chi connectivity index (χ1v) is 5.44. The van der Waals surface area contributed by atoms with Crippen molar-refractivity contribution in [2.24, 2.45) is 5.92 Å². The third-order valence-electron chi connectivity index (χ3n) is 3.46. The average molecular weight is 186 g/mol. The molecular weight excluding hydrogens is 168 g/mol. The molecule has 1 aromatic carbocycles. The molecule has 0 saturated heterocycles. The van der Waals surface area contributed by atoms with Crippen molar-refractivity contribution < 1.29 is 0 Å². The summed E-state index contributed by atoms with van der Waals surface area (Å²) < 4.78 is 0. The van der Waals surface area contributed by atoms with Gasteiger partial charge in [-0.2, -0.15) is 0 Å². The van der Waals surface area contributed by atoms with Gasteiger partial charge in [-0.15, -0.1) is 0 Å². The number of hydrogen-bond acceptors (Lipinski definition) is 0. The Morgan fingerprint density at radius 1 is 1.36 bits per heavy atom. The first-order chi connectivity index (χ1) is 6.74. The summed E-state index contributed by atoms with van der Waals surface area (Å²) >= 11 is 0. The number of rotatable bonds is 2. The van der Waals surface area contributed by atoms with Gasteiger partial charge in [0.05, 0.1) is 0 Å². The third-order valence-corrected chi connectivity index (χ3v) is 3.46. The number of hydrogen-bond donors (Lipinski definition) is 0. The van der Waals surface area contributed by atoms with Gasteiger partial charge in [0.25, 0.3) is 0 Å². The van der Waals surface area contributed by atoms with Gasteiger partial charge in [-0.25, -0.2) is 0 Å². The minimum Gasteiger partial charge on any atom is -0.0622 e. The molecule has 0 nitrogen and oxygen atoms in total. The summed E-state index contributed by atoms with van der Waals surface area (Å²) in [4.78, 5) is 0. The van der Waals surface area contributed by atoms with Crippen LogP contribution < -0.4 is 0 Å². The molecule has 2 unspecified atom stereocenters. The molecule has 2 rings (SSSR count). The van der Waals surface area contributed by atoms with Crippen LogP contribution in [0.5, 0.6) is 0 Å². The Morgan fingerprint density at radius 2 is 2.07 bits per heavy atom. The summed E-state index contributed by atoms with van der Waals surface area (Å²) in [6, 6.07) is 10.8. The second-order valence-corrected chi connectivity index (χ2v) is 4.58.